The summed E-state index contributed by atoms with van der Waals surface area (Å²) in [4.78, 5) is 4.53. The lowest BCUT2D eigenvalue weighted by molar-refractivity contribution is 0.182. The van der Waals surface area contributed by atoms with Gasteiger partial charge in [0, 0.05) is 31.4 Å². The zero-order chi connectivity index (χ0) is 13.7. The predicted molar refractivity (Wildman–Crippen MR) is 78.5 cm³/mol. The van der Waals surface area contributed by atoms with Crippen LogP contribution in [-0.2, 0) is 13.0 Å². The minimum atomic E-state index is 0.345. The third-order valence-electron chi connectivity index (χ3n) is 4.90. The Morgan fingerprint density at radius 2 is 2.16 bits per heavy atom. The smallest absolute Gasteiger partial charge is 0.110 e. The number of hydrogen-bond donors (Lipinski definition) is 2. The van der Waals surface area contributed by atoms with Crippen LogP contribution >= 0.6 is 0 Å². The van der Waals surface area contributed by atoms with Gasteiger partial charge in [-0.3, -0.25) is 11.3 Å². The molecule has 108 valence electrons. The molecule has 1 aliphatic carbocycles. The summed E-state index contributed by atoms with van der Waals surface area (Å²) in [5, 5.41) is 0. The summed E-state index contributed by atoms with van der Waals surface area (Å²) in [6.45, 7) is 5.55. The third kappa shape index (κ3) is 3.00. The van der Waals surface area contributed by atoms with Crippen LogP contribution in [0.3, 0.4) is 0 Å². The van der Waals surface area contributed by atoms with E-state index < -0.39 is 0 Å². The van der Waals surface area contributed by atoms with Gasteiger partial charge in [-0.15, -0.1) is 0 Å². The highest BCUT2D eigenvalue weighted by molar-refractivity contribution is 5.02. The molecule has 0 saturated heterocycles. The van der Waals surface area contributed by atoms with Crippen molar-refractivity contribution >= 4 is 0 Å². The largest absolute Gasteiger partial charge is 0.335 e. The maximum absolute atomic E-state index is 5.87. The lowest BCUT2D eigenvalue weighted by Gasteiger charge is -2.36. The normalized spacial score (nSPS) is 19.7. The molecule has 0 bridgehead atoms. The van der Waals surface area contributed by atoms with Crippen molar-refractivity contribution in [1.29, 1.82) is 0 Å². The van der Waals surface area contributed by atoms with E-state index in [9.17, 15) is 0 Å². The second-order valence-corrected chi connectivity index (χ2v) is 5.88. The molecule has 1 aromatic heterocycles. The molecule has 0 radical (unpaired) electrons. The van der Waals surface area contributed by atoms with Gasteiger partial charge in [0.2, 0.25) is 0 Å². The summed E-state index contributed by atoms with van der Waals surface area (Å²) >= 11 is 0. The Labute approximate surface area is 116 Å². The summed E-state index contributed by atoms with van der Waals surface area (Å²) in [6.07, 6.45) is 12.6. The van der Waals surface area contributed by atoms with E-state index in [1.807, 2.05) is 6.20 Å². The van der Waals surface area contributed by atoms with Crippen molar-refractivity contribution in [1.82, 2.24) is 15.0 Å². The quantitative estimate of drug-likeness (QED) is 0.588. The van der Waals surface area contributed by atoms with Crippen molar-refractivity contribution in [2.75, 3.05) is 0 Å². The maximum Gasteiger partial charge on any atom is 0.110 e. The number of nitrogens with zero attached hydrogens (tertiary/aromatic N) is 2. The van der Waals surface area contributed by atoms with E-state index >= 15 is 0 Å². The van der Waals surface area contributed by atoms with Crippen LogP contribution in [0.2, 0.25) is 0 Å². The Morgan fingerprint density at radius 1 is 1.42 bits per heavy atom. The number of hydrogen-bond acceptors (Lipinski definition) is 3. The monoisotopic (exact) mass is 264 g/mol. The van der Waals surface area contributed by atoms with E-state index in [0.29, 0.717) is 11.5 Å². The fourth-order valence-electron chi connectivity index (χ4n) is 3.64. The fourth-order valence-corrected chi connectivity index (χ4v) is 3.64. The summed E-state index contributed by atoms with van der Waals surface area (Å²) < 4.78 is 2.27. The van der Waals surface area contributed by atoms with E-state index in [1.165, 1.54) is 37.9 Å². The van der Waals surface area contributed by atoms with Crippen molar-refractivity contribution in [2.24, 2.45) is 11.3 Å². The second kappa shape index (κ2) is 6.53. The molecule has 0 amide bonds. The van der Waals surface area contributed by atoms with E-state index in [0.717, 1.165) is 19.4 Å². The number of hydrazine groups is 1. The highest BCUT2D eigenvalue weighted by Gasteiger charge is 2.39. The van der Waals surface area contributed by atoms with Gasteiger partial charge in [-0.25, -0.2) is 4.98 Å². The summed E-state index contributed by atoms with van der Waals surface area (Å²) in [5.41, 5.74) is 3.46. The van der Waals surface area contributed by atoms with Crippen LogP contribution in [0.4, 0.5) is 0 Å². The molecular formula is C15H28N4. The topological polar surface area (TPSA) is 55.9 Å². The Bertz CT molecular complexity index is 379. The van der Waals surface area contributed by atoms with Gasteiger partial charge in [-0.1, -0.05) is 26.7 Å². The average molecular weight is 264 g/mol. The molecule has 4 heteroatoms. The average Bonchev–Trinajstić information content (AvgIpc) is 3.06. The summed E-state index contributed by atoms with van der Waals surface area (Å²) in [5.74, 6) is 7.04. The molecule has 0 aliphatic heterocycles. The third-order valence-corrected chi connectivity index (χ3v) is 4.90. The van der Waals surface area contributed by atoms with Crippen LogP contribution < -0.4 is 11.3 Å². The molecule has 1 fully saturated rings. The Morgan fingerprint density at radius 3 is 2.74 bits per heavy atom. The molecule has 1 saturated carbocycles. The molecule has 4 nitrogen and oxygen atoms in total. The minimum Gasteiger partial charge on any atom is -0.335 e. The van der Waals surface area contributed by atoms with Gasteiger partial charge in [0.05, 0.1) is 0 Å². The predicted octanol–water partition coefficient (Wildman–Crippen LogP) is 2.64. The molecule has 1 aliphatic rings. The van der Waals surface area contributed by atoms with Crippen molar-refractivity contribution in [3.63, 3.8) is 0 Å². The Kier molecular flexibility index (Phi) is 4.99. The molecule has 1 unspecified atom stereocenters. The first-order valence-electron chi connectivity index (χ1n) is 7.72. The SMILES string of the molecule is CCCn1ccnc1CC(NN)C1(CC)CCCC1. The van der Waals surface area contributed by atoms with Gasteiger partial charge in [-0.05, 0) is 31.1 Å². The molecule has 1 atom stereocenters. The van der Waals surface area contributed by atoms with Gasteiger partial charge in [0.15, 0.2) is 0 Å². The van der Waals surface area contributed by atoms with Crippen LogP contribution in [0.15, 0.2) is 12.4 Å². The fraction of sp³-hybridized carbons (Fsp3) is 0.800. The van der Waals surface area contributed by atoms with Gasteiger partial charge >= 0.3 is 0 Å². The first-order valence-corrected chi connectivity index (χ1v) is 7.72. The number of rotatable bonds is 7. The van der Waals surface area contributed by atoms with Crippen molar-refractivity contribution in [3.05, 3.63) is 18.2 Å². The van der Waals surface area contributed by atoms with Crippen LogP contribution in [0.25, 0.3) is 0 Å². The molecule has 0 aromatic carbocycles. The van der Waals surface area contributed by atoms with Gasteiger partial charge in [-0.2, -0.15) is 0 Å². The maximum atomic E-state index is 5.87. The first-order chi connectivity index (χ1) is 9.25. The second-order valence-electron chi connectivity index (χ2n) is 5.88. The molecule has 1 aromatic rings. The zero-order valence-electron chi connectivity index (χ0n) is 12.4. The molecule has 1 heterocycles. The first kappa shape index (κ1) is 14.5. The van der Waals surface area contributed by atoms with E-state index in [2.05, 4.69) is 35.0 Å². The molecule has 19 heavy (non-hydrogen) atoms. The van der Waals surface area contributed by atoms with Gasteiger partial charge in [0.1, 0.15) is 5.82 Å². The summed E-state index contributed by atoms with van der Waals surface area (Å²) in [7, 11) is 0. The van der Waals surface area contributed by atoms with Gasteiger partial charge in [0.25, 0.3) is 0 Å². The number of aromatic nitrogens is 2. The molecule has 3 N–H and O–H groups in total. The van der Waals surface area contributed by atoms with Gasteiger partial charge < -0.3 is 4.57 Å². The number of aryl methyl sites for hydroxylation is 1. The number of nitrogens with one attached hydrogen (secondary N) is 1. The summed E-state index contributed by atoms with van der Waals surface area (Å²) in [6, 6.07) is 0.345. The van der Waals surface area contributed by atoms with Crippen molar-refractivity contribution in [2.45, 2.75) is 71.4 Å². The highest BCUT2D eigenvalue weighted by atomic mass is 15.2. The number of nitrogens with two attached hydrogens (primary N) is 1. The Hall–Kier alpha value is -0.870. The molecule has 0 spiro atoms. The lowest BCUT2D eigenvalue weighted by Crippen LogP contribution is -2.49. The molecule has 2 rings (SSSR count). The highest BCUT2D eigenvalue weighted by Crippen LogP contribution is 2.44. The van der Waals surface area contributed by atoms with Crippen molar-refractivity contribution < 1.29 is 0 Å². The lowest BCUT2D eigenvalue weighted by atomic mass is 9.75. The van der Waals surface area contributed by atoms with Crippen LogP contribution in [0.1, 0.15) is 58.2 Å². The van der Waals surface area contributed by atoms with Crippen LogP contribution in [-0.4, -0.2) is 15.6 Å². The molecular weight excluding hydrogens is 236 g/mol. The Balaban J connectivity index is 2.11. The standard InChI is InChI=1S/C15H28N4/c1-3-10-19-11-9-17-14(19)12-13(18-16)15(4-2)7-5-6-8-15/h9,11,13,18H,3-8,10,12,16H2,1-2H3. The van der Waals surface area contributed by atoms with E-state index in [1.54, 1.807) is 0 Å². The zero-order valence-corrected chi connectivity index (χ0v) is 12.4. The van der Waals surface area contributed by atoms with Crippen LogP contribution in [0, 0.1) is 5.41 Å². The number of imidazole rings is 1. The van der Waals surface area contributed by atoms with E-state index in [4.69, 9.17) is 5.84 Å². The van der Waals surface area contributed by atoms with Crippen LogP contribution in [0.5, 0.6) is 0 Å². The van der Waals surface area contributed by atoms with Crippen molar-refractivity contribution in [3.8, 4) is 0 Å². The van der Waals surface area contributed by atoms with E-state index in [-0.39, 0.29) is 0 Å². The minimum absolute atomic E-state index is 0.345.